The van der Waals surface area contributed by atoms with Crippen molar-refractivity contribution >= 4 is 11.6 Å². The summed E-state index contributed by atoms with van der Waals surface area (Å²) in [7, 11) is 1.69. The van der Waals surface area contributed by atoms with Crippen LogP contribution in [0.15, 0.2) is 67.0 Å². The van der Waals surface area contributed by atoms with E-state index in [1.165, 1.54) is 22.3 Å². The van der Waals surface area contributed by atoms with E-state index in [1.54, 1.807) is 7.11 Å². The Hall–Kier alpha value is -3.07. The standard InChI is InChI=1S/C23H21NO2/c1-16-15-26-23-21(25-2)9-8-19(22(16)23)20(18-6-4-3-5-7-18)14-17-10-12-24-13-11-17/h3-14,16H,15H2,1-2H3. The van der Waals surface area contributed by atoms with Crippen molar-refractivity contribution in [1.29, 1.82) is 0 Å². The SMILES string of the molecule is COc1ccc(C(=Cc2ccncc2)c2ccccc2)c2c1OCC2C. The lowest BCUT2D eigenvalue weighted by Gasteiger charge is -2.16. The highest BCUT2D eigenvalue weighted by Gasteiger charge is 2.28. The zero-order valence-corrected chi connectivity index (χ0v) is 15.0. The molecule has 3 heteroatoms. The molecule has 0 N–H and O–H groups in total. The average molecular weight is 343 g/mol. The zero-order chi connectivity index (χ0) is 17.9. The van der Waals surface area contributed by atoms with Gasteiger partial charge in [-0.15, -0.1) is 0 Å². The van der Waals surface area contributed by atoms with Crippen molar-refractivity contribution in [2.24, 2.45) is 0 Å². The van der Waals surface area contributed by atoms with Gasteiger partial charge in [0, 0.05) is 23.9 Å². The van der Waals surface area contributed by atoms with Crippen LogP contribution in [0.1, 0.15) is 35.1 Å². The van der Waals surface area contributed by atoms with E-state index in [-0.39, 0.29) is 0 Å². The van der Waals surface area contributed by atoms with Gasteiger partial charge in [0.25, 0.3) is 0 Å². The number of hydrogen-bond acceptors (Lipinski definition) is 3. The molecule has 0 spiro atoms. The van der Waals surface area contributed by atoms with Crippen LogP contribution in [0.2, 0.25) is 0 Å². The quantitative estimate of drug-likeness (QED) is 0.654. The fraction of sp³-hybridized carbons (Fsp3) is 0.174. The summed E-state index contributed by atoms with van der Waals surface area (Å²) in [6.45, 7) is 2.88. The summed E-state index contributed by atoms with van der Waals surface area (Å²) in [5, 5.41) is 0. The summed E-state index contributed by atoms with van der Waals surface area (Å²) in [6.07, 6.45) is 5.85. The average Bonchev–Trinajstić information content (AvgIpc) is 3.09. The van der Waals surface area contributed by atoms with Crippen molar-refractivity contribution < 1.29 is 9.47 Å². The molecule has 0 aliphatic carbocycles. The van der Waals surface area contributed by atoms with Gasteiger partial charge in [0.2, 0.25) is 0 Å². The molecule has 4 rings (SSSR count). The third-order valence-electron chi connectivity index (χ3n) is 4.74. The predicted octanol–water partition coefficient (Wildman–Crippen LogP) is 5.18. The lowest BCUT2D eigenvalue weighted by Crippen LogP contribution is -1.98. The maximum Gasteiger partial charge on any atom is 0.165 e. The van der Waals surface area contributed by atoms with Gasteiger partial charge < -0.3 is 9.47 Å². The van der Waals surface area contributed by atoms with Crippen LogP contribution >= 0.6 is 0 Å². The molecule has 26 heavy (non-hydrogen) atoms. The molecule has 0 saturated carbocycles. The van der Waals surface area contributed by atoms with E-state index < -0.39 is 0 Å². The maximum atomic E-state index is 5.95. The fourth-order valence-corrected chi connectivity index (χ4v) is 3.47. The number of ether oxygens (including phenoxy) is 2. The largest absolute Gasteiger partial charge is 0.493 e. The molecule has 2 aromatic carbocycles. The van der Waals surface area contributed by atoms with Gasteiger partial charge in [0.05, 0.1) is 13.7 Å². The van der Waals surface area contributed by atoms with Crippen LogP contribution < -0.4 is 9.47 Å². The van der Waals surface area contributed by atoms with E-state index in [0.29, 0.717) is 12.5 Å². The van der Waals surface area contributed by atoms with Gasteiger partial charge in [-0.2, -0.15) is 0 Å². The van der Waals surface area contributed by atoms with Gasteiger partial charge >= 0.3 is 0 Å². The Morgan fingerprint density at radius 2 is 1.85 bits per heavy atom. The van der Waals surface area contributed by atoms with Crippen molar-refractivity contribution in [3.63, 3.8) is 0 Å². The van der Waals surface area contributed by atoms with E-state index in [2.05, 4.69) is 48.3 Å². The van der Waals surface area contributed by atoms with Crippen LogP contribution in [-0.2, 0) is 0 Å². The smallest absolute Gasteiger partial charge is 0.165 e. The highest BCUT2D eigenvalue weighted by Crippen LogP contribution is 2.46. The molecular weight excluding hydrogens is 322 g/mol. The van der Waals surface area contributed by atoms with Gasteiger partial charge in [-0.3, -0.25) is 4.98 Å². The number of rotatable bonds is 4. The first-order valence-electron chi connectivity index (χ1n) is 8.79. The topological polar surface area (TPSA) is 31.4 Å². The molecular formula is C23H21NO2. The van der Waals surface area contributed by atoms with Crippen molar-refractivity contribution in [3.8, 4) is 11.5 Å². The number of fused-ring (bicyclic) bond motifs is 1. The lowest BCUT2D eigenvalue weighted by molar-refractivity contribution is 0.314. The first kappa shape index (κ1) is 16.4. The van der Waals surface area contributed by atoms with Crippen LogP contribution in [0.25, 0.3) is 11.6 Å². The van der Waals surface area contributed by atoms with Crippen molar-refractivity contribution in [3.05, 3.63) is 89.2 Å². The Kier molecular flexibility index (Phi) is 4.44. The highest BCUT2D eigenvalue weighted by molar-refractivity contribution is 5.93. The van der Waals surface area contributed by atoms with Gasteiger partial charge in [0.15, 0.2) is 11.5 Å². The summed E-state index contributed by atoms with van der Waals surface area (Å²) in [5.41, 5.74) is 5.88. The van der Waals surface area contributed by atoms with Crippen molar-refractivity contribution in [2.45, 2.75) is 12.8 Å². The minimum atomic E-state index is 0.319. The molecule has 0 saturated heterocycles. The van der Waals surface area contributed by atoms with E-state index >= 15 is 0 Å². The molecule has 1 atom stereocenters. The Balaban J connectivity index is 1.94. The molecule has 130 valence electrons. The number of benzene rings is 2. The molecule has 0 fully saturated rings. The number of pyridine rings is 1. The summed E-state index contributed by atoms with van der Waals surface area (Å²) in [6, 6.07) is 18.6. The third-order valence-corrected chi connectivity index (χ3v) is 4.74. The molecule has 3 aromatic rings. The van der Waals surface area contributed by atoms with Crippen molar-refractivity contribution in [2.75, 3.05) is 13.7 Å². The maximum absolute atomic E-state index is 5.95. The lowest BCUT2D eigenvalue weighted by atomic mass is 9.88. The second kappa shape index (κ2) is 7.04. The van der Waals surface area contributed by atoms with Crippen molar-refractivity contribution in [1.82, 2.24) is 4.98 Å². The molecule has 0 bridgehead atoms. The first-order valence-corrected chi connectivity index (χ1v) is 8.79. The van der Waals surface area contributed by atoms with Gasteiger partial charge in [-0.1, -0.05) is 43.3 Å². The second-order valence-corrected chi connectivity index (χ2v) is 6.47. The highest BCUT2D eigenvalue weighted by atomic mass is 16.5. The van der Waals surface area contributed by atoms with E-state index in [4.69, 9.17) is 9.47 Å². The molecule has 1 unspecified atom stereocenters. The first-order chi connectivity index (χ1) is 12.8. The monoisotopic (exact) mass is 343 g/mol. The summed E-state index contributed by atoms with van der Waals surface area (Å²) >= 11 is 0. The molecule has 3 nitrogen and oxygen atoms in total. The molecule has 2 heterocycles. The Labute approximate surface area is 153 Å². The van der Waals surface area contributed by atoms with Crippen LogP contribution in [-0.4, -0.2) is 18.7 Å². The Morgan fingerprint density at radius 3 is 2.58 bits per heavy atom. The predicted molar refractivity (Wildman–Crippen MR) is 105 cm³/mol. The minimum absolute atomic E-state index is 0.319. The Bertz CT molecular complexity index is 933. The van der Waals surface area contributed by atoms with Gasteiger partial charge in [-0.05, 0) is 46.5 Å². The van der Waals surface area contributed by atoms with Crippen LogP contribution in [0, 0.1) is 0 Å². The molecule has 1 aliphatic heterocycles. The van der Waals surface area contributed by atoms with E-state index in [0.717, 1.165) is 17.1 Å². The minimum Gasteiger partial charge on any atom is -0.493 e. The molecule has 0 amide bonds. The fourth-order valence-electron chi connectivity index (χ4n) is 3.47. The third kappa shape index (κ3) is 2.97. The summed E-state index contributed by atoms with van der Waals surface area (Å²) < 4.78 is 11.5. The van der Waals surface area contributed by atoms with Crippen LogP contribution in [0.3, 0.4) is 0 Å². The van der Waals surface area contributed by atoms with Crippen LogP contribution in [0.4, 0.5) is 0 Å². The van der Waals surface area contributed by atoms with Gasteiger partial charge in [-0.25, -0.2) is 0 Å². The van der Waals surface area contributed by atoms with E-state index in [1.807, 2.05) is 36.7 Å². The van der Waals surface area contributed by atoms with Crippen LogP contribution in [0.5, 0.6) is 11.5 Å². The number of aromatic nitrogens is 1. The van der Waals surface area contributed by atoms with E-state index in [9.17, 15) is 0 Å². The zero-order valence-electron chi connectivity index (χ0n) is 15.0. The summed E-state index contributed by atoms with van der Waals surface area (Å²) in [5.74, 6) is 1.98. The van der Waals surface area contributed by atoms with Gasteiger partial charge in [0.1, 0.15) is 0 Å². The second-order valence-electron chi connectivity index (χ2n) is 6.47. The molecule has 0 radical (unpaired) electrons. The summed E-state index contributed by atoms with van der Waals surface area (Å²) in [4.78, 5) is 4.12. The normalized spacial score (nSPS) is 16.1. The Morgan fingerprint density at radius 1 is 1.08 bits per heavy atom. The molecule has 1 aromatic heterocycles. The molecule has 1 aliphatic rings. The number of methoxy groups -OCH3 is 1. The number of hydrogen-bond donors (Lipinski definition) is 0. The number of nitrogens with zero attached hydrogens (tertiary/aromatic N) is 1.